The fourth-order valence-corrected chi connectivity index (χ4v) is 2.41. The number of benzene rings is 1. The Morgan fingerprint density at radius 1 is 1.21 bits per heavy atom. The minimum absolute atomic E-state index is 0.105. The van der Waals surface area contributed by atoms with Crippen molar-refractivity contribution < 1.29 is 5.21 Å². The lowest BCUT2D eigenvalue weighted by Crippen LogP contribution is -2.22. The predicted octanol–water partition coefficient (Wildman–Crippen LogP) is 1.70. The molecule has 3 rings (SSSR count). The first-order valence-corrected chi connectivity index (χ1v) is 6.03. The summed E-state index contributed by atoms with van der Waals surface area (Å²) in [4.78, 5) is 6.31. The number of fused-ring (bicyclic) bond motifs is 1. The molecule has 0 atom stereocenters. The lowest BCUT2D eigenvalue weighted by atomic mass is 10.1. The summed E-state index contributed by atoms with van der Waals surface area (Å²) in [5, 5.41) is 11.9. The van der Waals surface area contributed by atoms with E-state index in [2.05, 4.69) is 27.2 Å². The smallest absolute Gasteiger partial charge is 0.172 e. The Kier molecular flexibility index (Phi) is 2.79. The van der Waals surface area contributed by atoms with Gasteiger partial charge in [-0.25, -0.2) is 0 Å². The number of oxime groups is 1. The summed E-state index contributed by atoms with van der Waals surface area (Å²) >= 11 is 0. The minimum atomic E-state index is 0.105. The highest BCUT2D eigenvalue weighted by molar-refractivity contribution is 6.02. The standard InChI is InChI=1S/C14H14N4O/c15-14(17-19)12-5-6-16-7-13(12)18-8-10-3-1-2-4-11(10)9-18/h1-7,19H,8-9H2,(H2,15,17). The van der Waals surface area contributed by atoms with Gasteiger partial charge in [0.15, 0.2) is 5.84 Å². The van der Waals surface area contributed by atoms with Crippen molar-refractivity contribution in [2.45, 2.75) is 13.1 Å². The maximum absolute atomic E-state index is 8.85. The average Bonchev–Trinajstić information content (AvgIpc) is 2.90. The van der Waals surface area contributed by atoms with Gasteiger partial charge in [-0.3, -0.25) is 4.98 Å². The Bertz CT molecular complexity index is 614. The molecule has 0 saturated carbocycles. The van der Waals surface area contributed by atoms with E-state index in [-0.39, 0.29) is 5.84 Å². The Balaban J connectivity index is 1.98. The zero-order valence-corrected chi connectivity index (χ0v) is 10.3. The molecule has 5 nitrogen and oxygen atoms in total. The molecular formula is C14H14N4O. The van der Waals surface area contributed by atoms with E-state index in [9.17, 15) is 0 Å². The van der Waals surface area contributed by atoms with Crippen molar-refractivity contribution in [2.24, 2.45) is 10.9 Å². The molecule has 0 fully saturated rings. The number of pyridine rings is 1. The van der Waals surface area contributed by atoms with Crippen LogP contribution >= 0.6 is 0 Å². The first kappa shape index (κ1) is 11.5. The third-order valence-electron chi connectivity index (χ3n) is 3.37. The number of rotatable bonds is 2. The summed E-state index contributed by atoms with van der Waals surface area (Å²) in [5.74, 6) is 0.105. The van der Waals surface area contributed by atoms with Crippen molar-refractivity contribution in [2.75, 3.05) is 4.90 Å². The van der Waals surface area contributed by atoms with Gasteiger partial charge in [0.2, 0.25) is 0 Å². The monoisotopic (exact) mass is 254 g/mol. The van der Waals surface area contributed by atoms with Crippen LogP contribution in [0.4, 0.5) is 5.69 Å². The lowest BCUT2D eigenvalue weighted by molar-refractivity contribution is 0.318. The van der Waals surface area contributed by atoms with Crippen LogP contribution < -0.4 is 10.6 Å². The van der Waals surface area contributed by atoms with Gasteiger partial charge in [0.25, 0.3) is 0 Å². The number of nitrogens with two attached hydrogens (primary N) is 1. The molecule has 3 N–H and O–H groups in total. The van der Waals surface area contributed by atoms with Crippen LogP contribution in [0.1, 0.15) is 16.7 Å². The van der Waals surface area contributed by atoms with Crippen LogP contribution in [0.5, 0.6) is 0 Å². The quantitative estimate of drug-likeness (QED) is 0.370. The highest BCUT2D eigenvalue weighted by atomic mass is 16.4. The molecule has 0 spiro atoms. The van der Waals surface area contributed by atoms with Crippen LogP contribution in [0.15, 0.2) is 47.9 Å². The number of amidine groups is 1. The number of hydrogen-bond acceptors (Lipinski definition) is 4. The van der Waals surface area contributed by atoms with Gasteiger partial charge >= 0.3 is 0 Å². The second-order valence-corrected chi connectivity index (χ2v) is 4.50. The van der Waals surface area contributed by atoms with Crippen LogP contribution in [0.3, 0.4) is 0 Å². The summed E-state index contributed by atoms with van der Waals surface area (Å²) in [6.45, 7) is 1.63. The van der Waals surface area contributed by atoms with Crippen molar-refractivity contribution in [3.8, 4) is 0 Å². The van der Waals surface area contributed by atoms with Crippen molar-refractivity contribution >= 4 is 11.5 Å². The first-order chi connectivity index (χ1) is 9.29. The molecule has 0 saturated heterocycles. The molecule has 1 aromatic carbocycles. The Morgan fingerprint density at radius 3 is 2.53 bits per heavy atom. The van der Waals surface area contributed by atoms with Crippen molar-refractivity contribution in [1.82, 2.24) is 4.98 Å². The molecule has 1 aliphatic rings. The van der Waals surface area contributed by atoms with Gasteiger partial charge in [-0.1, -0.05) is 29.4 Å². The number of anilines is 1. The summed E-state index contributed by atoms with van der Waals surface area (Å²) in [5.41, 5.74) is 9.90. The maximum atomic E-state index is 8.85. The van der Waals surface area contributed by atoms with E-state index in [0.29, 0.717) is 5.56 Å². The van der Waals surface area contributed by atoms with Crippen molar-refractivity contribution in [1.29, 1.82) is 0 Å². The zero-order chi connectivity index (χ0) is 13.2. The Labute approximate surface area is 111 Å². The molecule has 2 heterocycles. The van der Waals surface area contributed by atoms with Gasteiger partial charge in [0, 0.05) is 24.8 Å². The van der Waals surface area contributed by atoms with Gasteiger partial charge in [-0.2, -0.15) is 0 Å². The second kappa shape index (κ2) is 4.61. The normalized spacial score (nSPS) is 14.5. The van der Waals surface area contributed by atoms with Gasteiger partial charge in [0.1, 0.15) is 0 Å². The van der Waals surface area contributed by atoms with Crippen LogP contribution in [0, 0.1) is 0 Å². The molecule has 2 aromatic rings. The maximum Gasteiger partial charge on any atom is 0.172 e. The fraction of sp³-hybridized carbons (Fsp3) is 0.143. The van der Waals surface area contributed by atoms with Gasteiger partial charge in [0.05, 0.1) is 11.9 Å². The molecule has 1 aliphatic heterocycles. The van der Waals surface area contributed by atoms with Crippen molar-refractivity contribution in [3.63, 3.8) is 0 Å². The van der Waals surface area contributed by atoms with E-state index in [4.69, 9.17) is 10.9 Å². The van der Waals surface area contributed by atoms with Crippen LogP contribution in [-0.2, 0) is 13.1 Å². The highest BCUT2D eigenvalue weighted by Gasteiger charge is 2.21. The van der Waals surface area contributed by atoms with Crippen molar-refractivity contribution in [3.05, 3.63) is 59.4 Å². The Morgan fingerprint density at radius 2 is 1.89 bits per heavy atom. The minimum Gasteiger partial charge on any atom is -0.409 e. The molecule has 0 aliphatic carbocycles. The molecule has 0 unspecified atom stereocenters. The molecule has 0 amide bonds. The largest absolute Gasteiger partial charge is 0.409 e. The SMILES string of the molecule is N/C(=N/O)c1ccncc1N1Cc2ccccc2C1. The molecule has 19 heavy (non-hydrogen) atoms. The van der Waals surface area contributed by atoms with Gasteiger partial charge < -0.3 is 15.8 Å². The average molecular weight is 254 g/mol. The highest BCUT2D eigenvalue weighted by Crippen LogP contribution is 2.29. The molecular weight excluding hydrogens is 240 g/mol. The predicted molar refractivity (Wildman–Crippen MR) is 73.1 cm³/mol. The zero-order valence-electron chi connectivity index (χ0n) is 10.3. The topological polar surface area (TPSA) is 74.7 Å². The summed E-state index contributed by atoms with van der Waals surface area (Å²) in [6, 6.07) is 10.1. The summed E-state index contributed by atoms with van der Waals surface area (Å²) in [6.07, 6.45) is 3.39. The molecule has 1 aromatic heterocycles. The number of aromatic nitrogens is 1. The van der Waals surface area contributed by atoms with E-state index in [1.54, 1.807) is 18.5 Å². The number of hydrogen-bond donors (Lipinski definition) is 2. The third kappa shape index (κ3) is 1.99. The van der Waals surface area contributed by atoms with E-state index in [1.807, 2.05) is 12.1 Å². The van der Waals surface area contributed by atoms with E-state index >= 15 is 0 Å². The molecule has 5 heteroatoms. The van der Waals surface area contributed by atoms with Crippen LogP contribution in [0.2, 0.25) is 0 Å². The Hall–Kier alpha value is -2.56. The second-order valence-electron chi connectivity index (χ2n) is 4.50. The lowest BCUT2D eigenvalue weighted by Gasteiger charge is -2.20. The summed E-state index contributed by atoms with van der Waals surface area (Å²) < 4.78 is 0. The first-order valence-electron chi connectivity index (χ1n) is 6.03. The van der Waals surface area contributed by atoms with Gasteiger partial charge in [-0.15, -0.1) is 0 Å². The summed E-state index contributed by atoms with van der Waals surface area (Å²) in [7, 11) is 0. The van der Waals surface area contributed by atoms with E-state index in [1.165, 1.54) is 11.1 Å². The van der Waals surface area contributed by atoms with Crippen LogP contribution in [-0.4, -0.2) is 16.0 Å². The third-order valence-corrected chi connectivity index (χ3v) is 3.37. The van der Waals surface area contributed by atoms with Gasteiger partial charge in [-0.05, 0) is 17.2 Å². The van der Waals surface area contributed by atoms with Crippen LogP contribution in [0.25, 0.3) is 0 Å². The van der Waals surface area contributed by atoms with E-state index < -0.39 is 0 Å². The fourth-order valence-electron chi connectivity index (χ4n) is 2.41. The molecule has 0 bridgehead atoms. The molecule has 0 radical (unpaired) electrons. The molecule has 96 valence electrons. The van der Waals surface area contributed by atoms with E-state index in [0.717, 1.165) is 18.8 Å². The number of nitrogens with zero attached hydrogens (tertiary/aromatic N) is 3.